The molecule has 2 amide bonds. The number of amides is 2. The van der Waals surface area contributed by atoms with Gasteiger partial charge in [0.1, 0.15) is 6.04 Å². The minimum atomic E-state index is -1.10. The number of para-hydroxylation sites is 2. The van der Waals surface area contributed by atoms with Crippen LogP contribution in [-0.2, 0) is 4.79 Å². The molecule has 0 heterocycles. The smallest absolute Gasteiger partial charge is 0.326 e. The Morgan fingerprint density at radius 2 is 1.56 bits per heavy atom. The number of nitrogens with two attached hydrogens (primary N) is 1. The molecule has 1 atom stereocenters. The molecule has 0 spiro atoms. The van der Waals surface area contributed by atoms with E-state index in [-0.39, 0.29) is 22.7 Å². The molecule has 0 fully saturated rings. The van der Waals surface area contributed by atoms with E-state index < -0.39 is 23.8 Å². The maximum Gasteiger partial charge on any atom is 0.326 e. The number of aliphatic carboxylic acids is 1. The van der Waals surface area contributed by atoms with Gasteiger partial charge in [0, 0.05) is 5.69 Å². The highest BCUT2D eigenvalue weighted by Gasteiger charge is 2.23. The van der Waals surface area contributed by atoms with Gasteiger partial charge in [-0.2, -0.15) is 0 Å². The van der Waals surface area contributed by atoms with Gasteiger partial charge in [-0.15, -0.1) is 0 Å². The summed E-state index contributed by atoms with van der Waals surface area (Å²) in [6.45, 7) is 3.75. The fourth-order valence-electron chi connectivity index (χ4n) is 2.61. The van der Waals surface area contributed by atoms with Gasteiger partial charge in [0.15, 0.2) is 0 Å². The van der Waals surface area contributed by atoms with Crippen LogP contribution in [0.4, 0.5) is 11.4 Å². The van der Waals surface area contributed by atoms with Gasteiger partial charge in [-0.05, 0) is 36.6 Å². The summed E-state index contributed by atoms with van der Waals surface area (Å²) < 4.78 is 0. The molecule has 2 aromatic carbocycles. The molecule has 1 unspecified atom stereocenters. The zero-order valence-electron chi connectivity index (χ0n) is 15.2. The Bertz CT molecular complexity index is 849. The Hall–Kier alpha value is -3.35. The molecule has 0 aliphatic rings. The van der Waals surface area contributed by atoms with E-state index in [1.54, 1.807) is 42.5 Å². The average Bonchev–Trinajstić information content (AvgIpc) is 2.61. The maximum atomic E-state index is 12.6. The SMILES string of the molecule is CC(C)CC(NC(=O)c1ccccc1NC(=O)c1ccccc1N)C(=O)O. The maximum absolute atomic E-state index is 12.6. The minimum absolute atomic E-state index is 0.0994. The van der Waals surface area contributed by atoms with Crippen molar-refractivity contribution in [3.05, 3.63) is 59.7 Å². The van der Waals surface area contributed by atoms with Crippen LogP contribution in [-0.4, -0.2) is 28.9 Å². The van der Waals surface area contributed by atoms with Gasteiger partial charge in [0.2, 0.25) is 0 Å². The van der Waals surface area contributed by atoms with E-state index >= 15 is 0 Å². The number of hydrogen-bond donors (Lipinski definition) is 4. The highest BCUT2D eigenvalue weighted by atomic mass is 16.4. The summed E-state index contributed by atoms with van der Waals surface area (Å²) >= 11 is 0. The Balaban J connectivity index is 2.22. The number of benzene rings is 2. The average molecular weight is 369 g/mol. The van der Waals surface area contributed by atoms with Crippen molar-refractivity contribution >= 4 is 29.2 Å². The molecule has 142 valence electrons. The summed E-state index contributed by atoms with van der Waals surface area (Å²) in [5, 5.41) is 14.5. The third kappa shape index (κ3) is 5.31. The zero-order chi connectivity index (χ0) is 20.0. The first-order valence-corrected chi connectivity index (χ1v) is 8.58. The zero-order valence-corrected chi connectivity index (χ0v) is 15.2. The summed E-state index contributed by atoms with van der Waals surface area (Å²) in [5.74, 6) is -2.02. The summed E-state index contributed by atoms with van der Waals surface area (Å²) in [4.78, 5) is 36.5. The predicted octanol–water partition coefficient (Wildman–Crippen LogP) is 2.75. The van der Waals surface area contributed by atoms with Crippen LogP contribution < -0.4 is 16.4 Å². The van der Waals surface area contributed by atoms with Crippen LogP contribution in [0.5, 0.6) is 0 Å². The number of nitrogen functional groups attached to an aromatic ring is 1. The van der Waals surface area contributed by atoms with E-state index in [9.17, 15) is 19.5 Å². The summed E-state index contributed by atoms with van der Waals surface area (Å²) in [6.07, 6.45) is 0.302. The largest absolute Gasteiger partial charge is 0.480 e. The monoisotopic (exact) mass is 369 g/mol. The highest BCUT2D eigenvalue weighted by Crippen LogP contribution is 2.19. The van der Waals surface area contributed by atoms with Crippen molar-refractivity contribution < 1.29 is 19.5 Å². The van der Waals surface area contributed by atoms with E-state index in [0.29, 0.717) is 12.1 Å². The standard InChI is InChI=1S/C20H23N3O4/c1-12(2)11-17(20(26)27)23-19(25)14-8-4-6-10-16(14)22-18(24)13-7-3-5-9-15(13)21/h3-10,12,17H,11,21H2,1-2H3,(H,22,24)(H,23,25)(H,26,27). The van der Waals surface area contributed by atoms with Crippen molar-refractivity contribution in [2.45, 2.75) is 26.3 Å². The number of rotatable bonds is 7. The summed E-state index contributed by atoms with van der Waals surface area (Å²) in [5.41, 5.74) is 6.87. The van der Waals surface area contributed by atoms with Crippen molar-refractivity contribution in [3.8, 4) is 0 Å². The Morgan fingerprint density at radius 1 is 0.963 bits per heavy atom. The number of carbonyl (C=O) groups excluding carboxylic acids is 2. The van der Waals surface area contributed by atoms with Crippen LogP contribution in [0.1, 0.15) is 41.0 Å². The summed E-state index contributed by atoms with van der Waals surface area (Å²) in [7, 11) is 0. The second kappa shape index (κ2) is 8.84. The van der Waals surface area contributed by atoms with Gasteiger partial charge >= 0.3 is 5.97 Å². The first kappa shape index (κ1) is 20.0. The molecule has 0 radical (unpaired) electrons. The third-order valence-electron chi connectivity index (χ3n) is 3.94. The minimum Gasteiger partial charge on any atom is -0.480 e. The lowest BCUT2D eigenvalue weighted by molar-refractivity contribution is -0.139. The lowest BCUT2D eigenvalue weighted by Gasteiger charge is -2.18. The molecule has 2 rings (SSSR count). The van der Waals surface area contributed by atoms with Crippen LogP contribution in [0.2, 0.25) is 0 Å². The Kier molecular flexibility index (Phi) is 6.54. The lowest BCUT2D eigenvalue weighted by Crippen LogP contribution is -2.41. The molecule has 0 aliphatic heterocycles. The number of anilines is 2. The van der Waals surface area contributed by atoms with Crippen molar-refractivity contribution in [1.29, 1.82) is 0 Å². The first-order chi connectivity index (χ1) is 12.8. The summed E-state index contributed by atoms with van der Waals surface area (Å²) in [6, 6.07) is 12.0. The normalized spacial score (nSPS) is 11.7. The molecule has 5 N–H and O–H groups in total. The predicted molar refractivity (Wildman–Crippen MR) is 104 cm³/mol. The van der Waals surface area contributed by atoms with Crippen LogP contribution >= 0.6 is 0 Å². The molecular formula is C20H23N3O4. The number of carboxylic acids is 1. The van der Waals surface area contributed by atoms with Crippen molar-refractivity contribution in [3.63, 3.8) is 0 Å². The van der Waals surface area contributed by atoms with Crippen LogP contribution in [0, 0.1) is 5.92 Å². The van der Waals surface area contributed by atoms with Gasteiger partial charge < -0.3 is 21.5 Å². The highest BCUT2D eigenvalue weighted by molar-refractivity contribution is 6.11. The number of carboxylic acid groups (broad SMARTS) is 1. The third-order valence-corrected chi connectivity index (χ3v) is 3.94. The topological polar surface area (TPSA) is 122 Å². The molecule has 0 bridgehead atoms. The first-order valence-electron chi connectivity index (χ1n) is 8.58. The second-order valence-electron chi connectivity index (χ2n) is 6.58. The van der Waals surface area contributed by atoms with E-state index in [1.807, 2.05) is 13.8 Å². The molecule has 7 nitrogen and oxygen atoms in total. The number of nitrogens with one attached hydrogen (secondary N) is 2. The quantitative estimate of drug-likeness (QED) is 0.559. The Labute approximate surface area is 157 Å². The molecule has 0 saturated heterocycles. The molecule has 0 aliphatic carbocycles. The fraction of sp³-hybridized carbons (Fsp3) is 0.250. The van der Waals surface area contributed by atoms with Crippen molar-refractivity contribution in [2.24, 2.45) is 5.92 Å². The van der Waals surface area contributed by atoms with Gasteiger partial charge in [-0.25, -0.2) is 4.79 Å². The van der Waals surface area contributed by atoms with Crippen molar-refractivity contribution in [2.75, 3.05) is 11.1 Å². The van der Waals surface area contributed by atoms with Gasteiger partial charge in [0.25, 0.3) is 11.8 Å². The molecule has 2 aromatic rings. The van der Waals surface area contributed by atoms with Gasteiger partial charge in [0.05, 0.1) is 16.8 Å². The molecule has 7 heteroatoms. The van der Waals surface area contributed by atoms with Crippen molar-refractivity contribution in [1.82, 2.24) is 5.32 Å². The van der Waals surface area contributed by atoms with E-state index in [4.69, 9.17) is 5.73 Å². The fourth-order valence-corrected chi connectivity index (χ4v) is 2.61. The molecule has 27 heavy (non-hydrogen) atoms. The molecular weight excluding hydrogens is 346 g/mol. The number of hydrogen-bond acceptors (Lipinski definition) is 4. The van der Waals surface area contributed by atoms with Crippen LogP contribution in [0.25, 0.3) is 0 Å². The van der Waals surface area contributed by atoms with Crippen LogP contribution in [0.3, 0.4) is 0 Å². The van der Waals surface area contributed by atoms with E-state index in [0.717, 1.165) is 0 Å². The van der Waals surface area contributed by atoms with E-state index in [1.165, 1.54) is 6.07 Å². The van der Waals surface area contributed by atoms with Crippen LogP contribution in [0.15, 0.2) is 48.5 Å². The molecule has 0 aromatic heterocycles. The lowest BCUT2D eigenvalue weighted by atomic mass is 10.0. The molecule has 0 saturated carbocycles. The van der Waals surface area contributed by atoms with Gasteiger partial charge in [-0.3, -0.25) is 9.59 Å². The number of carbonyl (C=O) groups is 3. The van der Waals surface area contributed by atoms with Gasteiger partial charge in [-0.1, -0.05) is 38.1 Å². The second-order valence-corrected chi connectivity index (χ2v) is 6.58. The van der Waals surface area contributed by atoms with E-state index in [2.05, 4.69) is 10.6 Å². The Morgan fingerprint density at radius 3 is 2.15 bits per heavy atom.